The fraction of sp³-hybridized carbons (Fsp3) is 0.641. The Kier molecular flexibility index (Phi) is 11.6. The number of piperidine rings is 1. The number of carboxylic acid groups (broad SMARTS) is 1. The average Bonchev–Trinajstić information content (AvgIpc) is 3.73. The summed E-state index contributed by atoms with van der Waals surface area (Å²) in [5, 5.41) is 9.57. The van der Waals surface area contributed by atoms with Crippen LogP contribution in [0.4, 0.5) is 23.2 Å². The number of carbonyl (C=O) groups is 2. The van der Waals surface area contributed by atoms with Crippen LogP contribution in [0.2, 0.25) is 0 Å². The zero-order valence-electron chi connectivity index (χ0n) is 30.9. The summed E-state index contributed by atoms with van der Waals surface area (Å²) in [5.74, 6) is -3.07. The van der Waals surface area contributed by atoms with E-state index in [0.29, 0.717) is 29.1 Å². The summed E-state index contributed by atoms with van der Waals surface area (Å²) in [7, 11) is 6.21. The molecule has 1 amide bonds. The number of alkyl halides is 4. The minimum atomic E-state index is -4.62. The van der Waals surface area contributed by atoms with E-state index in [-0.39, 0.29) is 64.3 Å². The number of benzene rings is 2. The van der Waals surface area contributed by atoms with Gasteiger partial charge in [0.25, 0.3) is 5.91 Å². The van der Waals surface area contributed by atoms with Crippen molar-refractivity contribution in [3.05, 3.63) is 59.2 Å². The van der Waals surface area contributed by atoms with Crippen molar-refractivity contribution in [1.82, 2.24) is 9.80 Å². The molecule has 4 atom stereocenters. The van der Waals surface area contributed by atoms with Gasteiger partial charge in [0, 0.05) is 77.6 Å². The average molecular weight is 750 g/mol. The van der Waals surface area contributed by atoms with Crippen LogP contribution in [0.15, 0.2) is 42.5 Å². The van der Waals surface area contributed by atoms with Crippen LogP contribution in [-0.4, -0.2) is 125 Å². The predicted molar refractivity (Wildman–Crippen MR) is 189 cm³/mol. The molecule has 0 bridgehead atoms. The van der Waals surface area contributed by atoms with Gasteiger partial charge in [0.2, 0.25) is 5.67 Å². The molecule has 4 aliphatic rings. The summed E-state index contributed by atoms with van der Waals surface area (Å²) in [5.41, 5.74) is -2.88. The van der Waals surface area contributed by atoms with Gasteiger partial charge in [-0.15, -0.1) is 0 Å². The molecule has 14 heteroatoms. The number of methoxy groups -OCH3 is 4. The zero-order valence-corrected chi connectivity index (χ0v) is 30.9. The van der Waals surface area contributed by atoms with Crippen LogP contribution in [0.5, 0.6) is 5.75 Å². The van der Waals surface area contributed by atoms with Crippen LogP contribution >= 0.6 is 0 Å². The van der Waals surface area contributed by atoms with Crippen molar-refractivity contribution < 1.29 is 51.2 Å². The molecule has 3 aliphatic heterocycles. The Balaban J connectivity index is 1.35. The smallest absolute Gasteiger partial charge is 0.416 e. The van der Waals surface area contributed by atoms with E-state index in [1.165, 1.54) is 25.2 Å². The molecule has 1 saturated carbocycles. The highest BCUT2D eigenvalue weighted by molar-refractivity contribution is 5.88. The molecule has 3 heterocycles. The maximum Gasteiger partial charge on any atom is 0.416 e. The molecule has 3 saturated heterocycles. The SMILES string of the molecule is COC[C@@]1(OC)CN(C(=O)[C@]2(F)CN([C@H]3CC[C@H](OC)CC3)C[C@H]2c2ccc(OC)cc2)C[C@@H]1c1ccc(C(F)(F)F)cc1N1CCC(C(=O)O)CC1. The molecule has 10 nitrogen and oxygen atoms in total. The monoisotopic (exact) mass is 749 g/mol. The third-order valence-corrected chi connectivity index (χ3v) is 12.3. The van der Waals surface area contributed by atoms with Crippen LogP contribution in [0, 0.1) is 5.92 Å². The number of aliphatic carboxylic acids is 1. The van der Waals surface area contributed by atoms with Crippen LogP contribution in [0.25, 0.3) is 0 Å². The molecule has 0 radical (unpaired) electrons. The first-order valence-corrected chi connectivity index (χ1v) is 18.4. The molecule has 0 aromatic heterocycles. The van der Waals surface area contributed by atoms with Crippen LogP contribution in [0.3, 0.4) is 0 Å². The van der Waals surface area contributed by atoms with E-state index in [9.17, 15) is 27.9 Å². The number of hydrogen-bond donors (Lipinski definition) is 1. The number of anilines is 1. The maximum absolute atomic E-state index is 18.0. The Bertz CT molecular complexity index is 1600. The molecule has 6 rings (SSSR count). The molecular weight excluding hydrogens is 698 g/mol. The lowest BCUT2D eigenvalue weighted by Crippen LogP contribution is -2.52. The van der Waals surface area contributed by atoms with Crippen LogP contribution in [-0.2, 0) is 30.0 Å². The number of ether oxygens (including phenoxy) is 4. The predicted octanol–water partition coefficient (Wildman–Crippen LogP) is 5.74. The van der Waals surface area contributed by atoms with Crippen molar-refractivity contribution in [2.24, 2.45) is 5.92 Å². The number of halogens is 4. The highest BCUT2D eigenvalue weighted by Gasteiger charge is 2.60. The first kappa shape index (κ1) is 39.2. The van der Waals surface area contributed by atoms with Gasteiger partial charge < -0.3 is 33.9 Å². The van der Waals surface area contributed by atoms with E-state index >= 15 is 4.39 Å². The fourth-order valence-electron chi connectivity index (χ4n) is 9.19. The van der Waals surface area contributed by atoms with E-state index in [1.807, 2.05) is 0 Å². The second kappa shape index (κ2) is 15.7. The van der Waals surface area contributed by atoms with E-state index in [1.54, 1.807) is 43.4 Å². The molecule has 1 N–H and O–H groups in total. The summed E-state index contributed by atoms with van der Waals surface area (Å²) in [6, 6.07) is 10.7. The molecule has 53 heavy (non-hydrogen) atoms. The third-order valence-electron chi connectivity index (χ3n) is 12.3. The minimum absolute atomic E-state index is 0.00441. The maximum atomic E-state index is 18.0. The van der Waals surface area contributed by atoms with Crippen molar-refractivity contribution in [1.29, 1.82) is 0 Å². The van der Waals surface area contributed by atoms with E-state index in [2.05, 4.69) is 4.90 Å². The van der Waals surface area contributed by atoms with Gasteiger partial charge in [-0.1, -0.05) is 18.2 Å². The molecule has 2 aromatic rings. The van der Waals surface area contributed by atoms with Crippen LogP contribution in [0.1, 0.15) is 67.1 Å². The third kappa shape index (κ3) is 7.74. The van der Waals surface area contributed by atoms with Gasteiger partial charge in [-0.2, -0.15) is 13.2 Å². The number of rotatable bonds is 11. The van der Waals surface area contributed by atoms with E-state index in [4.69, 9.17) is 18.9 Å². The lowest BCUT2D eigenvalue weighted by Gasteiger charge is -2.38. The normalized spacial score (nSPS) is 30.2. The quantitative estimate of drug-likeness (QED) is 0.289. The van der Waals surface area contributed by atoms with Gasteiger partial charge in [0.15, 0.2) is 0 Å². The first-order valence-electron chi connectivity index (χ1n) is 18.4. The van der Waals surface area contributed by atoms with Gasteiger partial charge in [-0.25, -0.2) is 4.39 Å². The van der Waals surface area contributed by atoms with Gasteiger partial charge in [-0.05, 0) is 73.9 Å². The minimum Gasteiger partial charge on any atom is -0.497 e. The summed E-state index contributed by atoms with van der Waals surface area (Å²) in [6.45, 7) is 0.670. The van der Waals surface area contributed by atoms with E-state index in [0.717, 1.165) is 37.8 Å². The number of hydrogen-bond acceptors (Lipinski definition) is 8. The Hall–Kier alpha value is -3.46. The second-order valence-corrected chi connectivity index (χ2v) is 15.1. The second-order valence-electron chi connectivity index (χ2n) is 15.1. The molecular formula is C39H51F4N3O7. The molecule has 292 valence electrons. The summed E-state index contributed by atoms with van der Waals surface area (Å²) < 4.78 is 83.0. The largest absolute Gasteiger partial charge is 0.497 e. The van der Waals surface area contributed by atoms with Gasteiger partial charge >= 0.3 is 12.1 Å². The Morgan fingerprint density at radius 1 is 0.887 bits per heavy atom. The number of carboxylic acids is 1. The summed E-state index contributed by atoms with van der Waals surface area (Å²) in [4.78, 5) is 31.9. The Morgan fingerprint density at radius 2 is 1.57 bits per heavy atom. The highest BCUT2D eigenvalue weighted by Crippen LogP contribution is 2.49. The van der Waals surface area contributed by atoms with Crippen molar-refractivity contribution in [2.75, 3.05) is 79.2 Å². The summed E-state index contributed by atoms with van der Waals surface area (Å²) >= 11 is 0. The van der Waals surface area contributed by atoms with Gasteiger partial charge in [-0.3, -0.25) is 14.5 Å². The number of amides is 1. The van der Waals surface area contributed by atoms with Gasteiger partial charge in [0.05, 0.1) is 37.8 Å². The molecule has 0 unspecified atom stereocenters. The molecule has 2 aromatic carbocycles. The lowest BCUT2D eigenvalue weighted by atomic mass is 9.83. The summed E-state index contributed by atoms with van der Waals surface area (Å²) in [6.07, 6.45) is -0.570. The molecule has 1 aliphatic carbocycles. The zero-order chi connectivity index (χ0) is 38.1. The Morgan fingerprint density at radius 3 is 2.13 bits per heavy atom. The molecule has 4 fully saturated rings. The van der Waals surface area contributed by atoms with Crippen LogP contribution < -0.4 is 9.64 Å². The number of nitrogens with zero attached hydrogens (tertiary/aromatic N) is 3. The topological polar surface area (TPSA) is 101 Å². The van der Waals surface area contributed by atoms with Gasteiger partial charge in [0.1, 0.15) is 11.4 Å². The highest BCUT2D eigenvalue weighted by atomic mass is 19.4. The first-order chi connectivity index (χ1) is 25.3. The lowest BCUT2D eigenvalue weighted by molar-refractivity contribution is -0.145. The van der Waals surface area contributed by atoms with Crippen molar-refractivity contribution >= 4 is 17.6 Å². The Labute approximate surface area is 308 Å². The van der Waals surface area contributed by atoms with Crippen molar-refractivity contribution in [2.45, 2.75) is 80.0 Å². The van der Waals surface area contributed by atoms with Crippen molar-refractivity contribution in [3.63, 3.8) is 0 Å². The van der Waals surface area contributed by atoms with Crippen molar-refractivity contribution in [3.8, 4) is 5.75 Å². The standard InChI is InChI=1S/C39H51F4N3O7/c1-50-24-37(53-4)22-46(21-33(37)31-14-7-27(39(41,42)43)19-34(31)44-17-15-26(16-18-44)35(47)48)36(49)38(40)23-45(28-8-12-30(52-3)13-9-28)20-32(38)25-5-10-29(51-2)11-6-25/h5-7,10-11,14,19,26,28,30,32-33H,8-9,12-13,15-18,20-24H2,1-4H3,(H,47,48)/t28-,30-,32-,33+,37-,38-/m0/s1. The number of likely N-dealkylation sites (tertiary alicyclic amines) is 2. The van der Waals surface area contributed by atoms with E-state index < -0.39 is 52.6 Å². The fourth-order valence-corrected chi connectivity index (χ4v) is 9.19. The number of carbonyl (C=O) groups excluding carboxylic acids is 1. The molecule has 0 spiro atoms.